The Morgan fingerprint density at radius 1 is 1.53 bits per heavy atom. The van der Waals surface area contributed by atoms with Crippen LogP contribution in [-0.2, 0) is 9.53 Å². The van der Waals surface area contributed by atoms with E-state index in [4.69, 9.17) is 21.4 Å². The van der Waals surface area contributed by atoms with Crippen LogP contribution in [-0.4, -0.2) is 40.7 Å². The van der Waals surface area contributed by atoms with Gasteiger partial charge in [0.05, 0.1) is 16.7 Å². The van der Waals surface area contributed by atoms with Crippen molar-refractivity contribution in [2.24, 2.45) is 0 Å². The molecule has 2 rings (SSSR count). The van der Waals surface area contributed by atoms with E-state index in [0.29, 0.717) is 18.4 Å². The fraction of sp³-hybridized carbons (Fsp3) is 0.417. The first-order valence-corrected chi connectivity index (χ1v) is 6.21. The summed E-state index contributed by atoms with van der Waals surface area (Å²) in [4.78, 5) is 26.3. The smallest absolute Gasteiger partial charge is 0.332 e. The van der Waals surface area contributed by atoms with Crippen LogP contribution < -0.4 is 5.32 Å². The third-order valence-corrected chi connectivity index (χ3v) is 3.19. The summed E-state index contributed by atoms with van der Waals surface area (Å²) in [5, 5.41) is 11.7. The predicted molar refractivity (Wildman–Crippen MR) is 67.1 cm³/mol. The van der Waals surface area contributed by atoms with Crippen LogP contribution in [0.1, 0.15) is 23.2 Å². The van der Waals surface area contributed by atoms with Crippen LogP contribution in [0.25, 0.3) is 0 Å². The van der Waals surface area contributed by atoms with E-state index in [1.165, 1.54) is 18.5 Å². The lowest BCUT2D eigenvalue weighted by molar-refractivity contribution is -0.149. The minimum absolute atomic E-state index is 0.265. The van der Waals surface area contributed by atoms with Crippen molar-refractivity contribution in [1.82, 2.24) is 10.3 Å². The Morgan fingerprint density at radius 3 is 2.95 bits per heavy atom. The summed E-state index contributed by atoms with van der Waals surface area (Å²) in [5.74, 6) is -1.29. The molecule has 19 heavy (non-hydrogen) atoms. The molecule has 1 saturated heterocycles. The Morgan fingerprint density at radius 2 is 2.32 bits per heavy atom. The maximum Gasteiger partial charge on any atom is 0.332 e. The molecule has 1 aliphatic rings. The van der Waals surface area contributed by atoms with Crippen molar-refractivity contribution in [3.8, 4) is 0 Å². The minimum atomic E-state index is -0.967. The summed E-state index contributed by atoms with van der Waals surface area (Å²) in [6.07, 6.45) is 2.90. The van der Waals surface area contributed by atoms with Gasteiger partial charge in [-0.2, -0.15) is 0 Å². The van der Waals surface area contributed by atoms with Gasteiger partial charge in [0.2, 0.25) is 0 Å². The van der Waals surface area contributed by atoms with Gasteiger partial charge in [-0.05, 0) is 18.9 Å². The van der Waals surface area contributed by atoms with E-state index >= 15 is 0 Å². The van der Waals surface area contributed by atoms with E-state index in [1.807, 2.05) is 0 Å². The zero-order valence-electron chi connectivity index (χ0n) is 10.0. The molecule has 2 heterocycles. The number of ether oxygens (including phenoxy) is 1. The first kappa shape index (κ1) is 13.8. The molecule has 102 valence electrons. The van der Waals surface area contributed by atoms with E-state index in [0.717, 1.165) is 0 Å². The molecule has 6 nitrogen and oxygen atoms in total. The highest BCUT2D eigenvalue weighted by atomic mass is 35.5. The van der Waals surface area contributed by atoms with Crippen molar-refractivity contribution in [2.75, 3.05) is 6.54 Å². The second-order valence-corrected chi connectivity index (χ2v) is 4.64. The van der Waals surface area contributed by atoms with Crippen molar-refractivity contribution in [1.29, 1.82) is 0 Å². The van der Waals surface area contributed by atoms with Crippen molar-refractivity contribution in [3.05, 3.63) is 29.0 Å². The average Bonchev–Trinajstić information content (AvgIpc) is 2.85. The van der Waals surface area contributed by atoms with Crippen LogP contribution in [0.15, 0.2) is 18.5 Å². The number of amides is 1. The van der Waals surface area contributed by atoms with Gasteiger partial charge < -0.3 is 15.2 Å². The topological polar surface area (TPSA) is 88.5 Å². The Bertz CT molecular complexity index is 494. The molecular formula is C12H13ClN2O4. The number of rotatable bonds is 4. The normalized spacial score (nSPS) is 22.2. The van der Waals surface area contributed by atoms with Gasteiger partial charge in [-0.1, -0.05) is 11.6 Å². The molecule has 2 N–H and O–H groups in total. The van der Waals surface area contributed by atoms with Crippen LogP contribution >= 0.6 is 11.6 Å². The van der Waals surface area contributed by atoms with E-state index in [9.17, 15) is 9.59 Å². The lowest BCUT2D eigenvalue weighted by atomic mass is 10.2. The number of aromatic nitrogens is 1. The van der Waals surface area contributed by atoms with Crippen molar-refractivity contribution < 1.29 is 19.4 Å². The molecule has 0 radical (unpaired) electrons. The highest BCUT2D eigenvalue weighted by Gasteiger charge is 2.30. The number of carboxylic acids is 1. The zero-order chi connectivity index (χ0) is 13.8. The number of carbonyl (C=O) groups excluding carboxylic acids is 1. The fourth-order valence-electron chi connectivity index (χ4n) is 1.90. The maximum absolute atomic E-state index is 11.8. The van der Waals surface area contributed by atoms with E-state index < -0.39 is 12.1 Å². The largest absolute Gasteiger partial charge is 0.479 e. The first-order chi connectivity index (χ1) is 9.08. The number of halogens is 1. The number of nitrogens with one attached hydrogen (secondary N) is 1. The van der Waals surface area contributed by atoms with Gasteiger partial charge in [0.1, 0.15) is 0 Å². The third kappa shape index (κ3) is 3.42. The highest BCUT2D eigenvalue weighted by molar-refractivity contribution is 6.33. The molecule has 1 fully saturated rings. The molecule has 0 bridgehead atoms. The average molecular weight is 285 g/mol. The van der Waals surface area contributed by atoms with Gasteiger partial charge in [-0.25, -0.2) is 4.79 Å². The van der Waals surface area contributed by atoms with E-state index in [1.54, 1.807) is 0 Å². The summed E-state index contributed by atoms with van der Waals surface area (Å²) < 4.78 is 5.28. The van der Waals surface area contributed by atoms with Gasteiger partial charge in [0.25, 0.3) is 5.91 Å². The first-order valence-electron chi connectivity index (χ1n) is 5.84. The van der Waals surface area contributed by atoms with Crippen LogP contribution in [0.5, 0.6) is 0 Å². The highest BCUT2D eigenvalue weighted by Crippen LogP contribution is 2.19. The molecule has 1 aliphatic heterocycles. The van der Waals surface area contributed by atoms with Crippen LogP contribution in [0.4, 0.5) is 0 Å². The van der Waals surface area contributed by atoms with Crippen molar-refractivity contribution >= 4 is 23.5 Å². The Kier molecular flexibility index (Phi) is 4.34. The summed E-state index contributed by atoms with van der Waals surface area (Å²) in [5.41, 5.74) is 0.337. The molecule has 1 amide bonds. The Labute approximate surface area is 114 Å². The summed E-state index contributed by atoms with van der Waals surface area (Å²) in [7, 11) is 0. The molecular weight excluding hydrogens is 272 g/mol. The quantitative estimate of drug-likeness (QED) is 0.864. The number of aliphatic carboxylic acids is 1. The maximum atomic E-state index is 11.8. The third-order valence-electron chi connectivity index (χ3n) is 2.89. The summed E-state index contributed by atoms with van der Waals surface area (Å²) >= 11 is 5.85. The molecule has 0 spiro atoms. The zero-order valence-corrected chi connectivity index (χ0v) is 10.8. The summed E-state index contributed by atoms with van der Waals surface area (Å²) in [6.45, 7) is 0.265. The molecule has 7 heteroatoms. The van der Waals surface area contributed by atoms with Gasteiger partial charge in [-0.15, -0.1) is 0 Å². The van der Waals surface area contributed by atoms with Gasteiger partial charge in [-0.3, -0.25) is 9.78 Å². The molecule has 0 aromatic carbocycles. The van der Waals surface area contributed by atoms with Crippen molar-refractivity contribution in [3.63, 3.8) is 0 Å². The van der Waals surface area contributed by atoms with Crippen LogP contribution in [0, 0.1) is 0 Å². The van der Waals surface area contributed by atoms with Crippen molar-refractivity contribution in [2.45, 2.75) is 25.0 Å². The van der Waals surface area contributed by atoms with E-state index in [-0.39, 0.29) is 23.6 Å². The lowest BCUT2D eigenvalue weighted by Crippen LogP contribution is -2.33. The Hall–Kier alpha value is -1.66. The number of nitrogens with zero attached hydrogens (tertiary/aromatic N) is 1. The SMILES string of the molecule is O=C(NCC1CCC(C(=O)O)O1)c1ccncc1Cl. The Balaban J connectivity index is 1.85. The second-order valence-electron chi connectivity index (χ2n) is 4.23. The predicted octanol–water partition coefficient (Wildman–Crippen LogP) is 1.10. The number of carbonyl (C=O) groups is 2. The van der Waals surface area contributed by atoms with Gasteiger partial charge in [0, 0.05) is 18.9 Å². The minimum Gasteiger partial charge on any atom is -0.479 e. The molecule has 0 aliphatic carbocycles. The number of pyridine rings is 1. The number of carboxylic acid groups (broad SMARTS) is 1. The number of hydrogen-bond acceptors (Lipinski definition) is 4. The summed E-state index contributed by atoms with van der Waals surface area (Å²) in [6, 6.07) is 1.52. The van der Waals surface area contributed by atoms with Crippen LogP contribution in [0.3, 0.4) is 0 Å². The molecule has 1 aromatic rings. The van der Waals surface area contributed by atoms with E-state index in [2.05, 4.69) is 10.3 Å². The van der Waals surface area contributed by atoms with Gasteiger partial charge >= 0.3 is 5.97 Å². The monoisotopic (exact) mass is 284 g/mol. The molecule has 0 saturated carbocycles. The standard InChI is InChI=1S/C12H13ClN2O4/c13-9-6-14-4-3-8(9)11(16)15-5-7-1-2-10(19-7)12(17)18/h3-4,6-7,10H,1-2,5H2,(H,15,16)(H,17,18). The molecule has 2 unspecified atom stereocenters. The van der Waals surface area contributed by atoms with Crippen LogP contribution in [0.2, 0.25) is 5.02 Å². The molecule has 2 atom stereocenters. The second kappa shape index (κ2) is 5.99. The fourth-order valence-corrected chi connectivity index (χ4v) is 2.10. The molecule has 1 aromatic heterocycles. The number of hydrogen-bond donors (Lipinski definition) is 2. The van der Waals surface area contributed by atoms with Gasteiger partial charge in [0.15, 0.2) is 6.10 Å². The lowest BCUT2D eigenvalue weighted by Gasteiger charge is -2.12.